The van der Waals surface area contributed by atoms with Crippen LogP contribution in [-0.4, -0.2) is 19.1 Å². The van der Waals surface area contributed by atoms with Gasteiger partial charge in [-0.15, -0.1) is 0 Å². The molecular weight excluding hydrogens is 254 g/mol. The number of methoxy groups -OCH3 is 1. The summed E-state index contributed by atoms with van der Waals surface area (Å²) in [6, 6.07) is 0.760. The highest BCUT2D eigenvalue weighted by Gasteiger charge is 2.31. The first kappa shape index (κ1) is 14.4. The lowest BCUT2D eigenvalue weighted by atomic mass is 10.0. The maximum Gasteiger partial charge on any atom is 0.416 e. The lowest BCUT2D eigenvalue weighted by Gasteiger charge is -2.12. The maximum absolute atomic E-state index is 13.3. The molecule has 0 saturated heterocycles. The van der Waals surface area contributed by atoms with Gasteiger partial charge in [0.15, 0.2) is 0 Å². The minimum Gasteiger partial charge on any atom is -0.468 e. The van der Waals surface area contributed by atoms with Crippen molar-refractivity contribution in [2.75, 3.05) is 7.11 Å². The van der Waals surface area contributed by atoms with Crippen molar-refractivity contribution in [3.8, 4) is 0 Å². The fourth-order valence-electron chi connectivity index (χ4n) is 1.38. The van der Waals surface area contributed by atoms with Crippen molar-refractivity contribution in [3.63, 3.8) is 0 Å². The molecule has 1 aromatic carbocycles. The van der Waals surface area contributed by atoms with Crippen LogP contribution in [-0.2, 0) is 22.1 Å². The van der Waals surface area contributed by atoms with Crippen molar-refractivity contribution in [2.45, 2.75) is 18.6 Å². The summed E-state index contributed by atoms with van der Waals surface area (Å²) >= 11 is 0. The molecule has 18 heavy (non-hydrogen) atoms. The van der Waals surface area contributed by atoms with Gasteiger partial charge in [-0.25, -0.2) is 4.39 Å². The molecule has 100 valence electrons. The molecule has 1 atom stereocenters. The van der Waals surface area contributed by atoms with Crippen LogP contribution in [0, 0.1) is 5.82 Å². The number of alkyl halides is 3. The Morgan fingerprint density at radius 2 is 2.06 bits per heavy atom. The van der Waals surface area contributed by atoms with E-state index in [1.165, 1.54) is 0 Å². The van der Waals surface area contributed by atoms with Crippen LogP contribution in [0.3, 0.4) is 0 Å². The van der Waals surface area contributed by atoms with Crippen molar-refractivity contribution in [1.29, 1.82) is 0 Å². The Hall–Kier alpha value is -1.63. The van der Waals surface area contributed by atoms with E-state index in [1.54, 1.807) is 0 Å². The summed E-state index contributed by atoms with van der Waals surface area (Å²) in [4.78, 5) is 11.0. The molecule has 0 amide bonds. The van der Waals surface area contributed by atoms with Crippen LogP contribution in [0.4, 0.5) is 17.6 Å². The number of ether oxygens (including phenoxy) is 1. The molecule has 0 radical (unpaired) electrons. The molecule has 0 saturated carbocycles. The van der Waals surface area contributed by atoms with E-state index in [0.29, 0.717) is 18.2 Å². The van der Waals surface area contributed by atoms with Gasteiger partial charge in [-0.2, -0.15) is 13.2 Å². The molecule has 7 heteroatoms. The van der Waals surface area contributed by atoms with Gasteiger partial charge in [0, 0.05) is 6.42 Å². The van der Waals surface area contributed by atoms with Crippen molar-refractivity contribution < 1.29 is 27.1 Å². The van der Waals surface area contributed by atoms with E-state index in [1.807, 2.05) is 0 Å². The van der Waals surface area contributed by atoms with Gasteiger partial charge in [0.1, 0.15) is 11.9 Å². The maximum atomic E-state index is 13.3. The van der Waals surface area contributed by atoms with Gasteiger partial charge in [-0.05, 0) is 23.8 Å². The monoisotopic (exact) mass is 265 g/mol. The highest BCUT2D eigenvalue weighted by molar-refractivity contribution is 5.75. The molecule has 0 heterocycles. The van der Waals surface area contributed by atoms with Gasteiger partial charge in [0.2, 0.25) is 0 Å². The van der Waals surface area contributed by atoms with Crippen LogP contribution in [0.15, 0.2) is 18.2 Å². The Kier molecular flexibility index (Phi) is 4.28. The number of halogens is 4. The molecular formula is C11H11F4NO2. The first-order chi connectivity index (χ1) is 8.25. The smallest absolute Gasteiger partial charge is 0.416 e. The Balaban J connectivity index is 2.98. The van der Waals surface area contributed by atoms with Gasteiger partial charge in [-0.1, -0.05) is 0 Å². The molecule has 0 spiro atoms. The zero-order chi connectivity index (χ0) is 13.9. The van der Waals surface area contributed by atoms with Gasteiger partial charge in [0.25, 0.3) is 0 Å². The Morgan fingerprint density at radius 1 is 1.44 bits per heavy atom. The SMILES string of the molecule is COC(=O)[C@H](N)Cc1cc(C(F)(F)F)ccc1F. The number of carbonyl (C=O) groups excluding carboxylic acids is 1. The van der Waals surface area contributed by atoms with E-state index in [9.17, 15) is 22.4 Å². The van der Waals surface area contributed by atoms with Crippen molar-refractivity contribution in [3.05, 3.63) is 35.1 Å². The highest BCUT2D eigenvalue weighted by atomic mass is 19.4. The van der Waals surface area contributed by atoms with Gasteiger partial charge >= 0.3 is 12.1 Å². The molecule has 0 bridgehead atoms. The van der Waals surface area contributed by atoms with E-state index in [-0.39, 0.29) is 12.0 Å². The Bertz CT molecular complexity index is 445. The lowest BCUT2D eigenvalue weighted by Crippen LogP contribution is -2.34. The first-order valence-electron chi connectivity index (χ1n) is 4.94. The van der Waals surface area contributed by atoms with Crippen LogP contribution >= 0.6 is 0 Å². The largest absolute Gasteiger partial charge is 0.468 e. The van der Waals surface area contributed by atoms with Crippen molar-refractivity contribution >= 4 is 5.97 Å². The fraction of sp³-hybridized carbons (Fsp3) is 0.364. The molecule has 0 aliphatic carbocycles. The summed E-state index contributed by atoms with van der Waals surface area (Å²) in [5.74, 6) is -1.66. The molecule has 2 N–H and O–H groups in total. The van der Waals surface area contributed by atoms with E-state index < -0.39 is 29.6 Å². The third kappa shape index (κ3) is 3.43. The predicted octanol–water partition coefficient (Wildman–Crippen LogP) is 1.89. The molecule has 1 aromatic rings. The minimum atomic E-state index is -4.57. The van der Waals surface area contributed by atoms with Crippen LogP contribution in [0.2, 0.25) is 0 Å². The fourth-order valence-corrected chi connectivity index (χ4v) is 1.38. The summed E-state index contributed by atoms with van der Waals surface area (Å²) in [5.41, 5.74) is 4.10. The standard InChI is InChI=1S/C11H11F4NO2/c1-18-10(17)9(16)5-6-4-7(11(13,14)15)2-3-8(6)12/h2-4,9H,5,16H2,1H3/t9-/m1/s1. The molecule has 3 nitrogen and oxygen atoms in total. The van der Waals surface area contributed by atoms with Crippen LogP contribution in [0.25, 0.3) is 0 Å². The molecule has 0 unspecified atom stereocenters. The number of benzene rings is 1. The summed E-state index contributed by atoms with van der Waals surface area (Å²) < 4.78 is 54.9. The van der Waals surface area contributed by atoms with E-state index in [2.05, 4.69) is 4.74 Å². The summed E-state index contributed by atoms with van der Waals surface area (Å²) in [7, 11) is 1.09. The molecule has 1 rings (SSSR count). The molecule has 0 aliphatic heterocycles. The third-order valence-corrected chi connectivity index (χ3v) is 2.32. The average Bonchev–Trinajstić information content (AvgIpc) is 2.29. The van der Waals surface area contributed by atoms with E-state index >= 15 is 0 Å². The summed E-state index contributed by atoms with van der Waals surface area (Å²) in [5, 5.41) is 0. The van der Waals surface area contributed by atoms with Crippen LogP contribution in [0.1, 0.15) is 11.1 Å². The zero-order valence-corrected chi connectivity index (χ0v) is 9.42. The third-order valence-electron chi connectivity index (χ3n) is 2.32. The first-order valence-corrected chi connectivity index (χ1v) is 4.94. The average molecular weight is 265 g/mol. The quantitative estimate of drug-likeness (QED) is 0.670. The van der Waals surface area contributed by atoms with E-state index in [0.717, 1.165) is 7.11 Å². The number of nitrogens with two attached hydrogens (primary N) is 1. The normalized spacial score (nSPS) is 13.2. The minimum absolute atomic E-state index is 0.275. The number of esters is 1. The molecule has 0 fully saturated rings. The second-order valence-corrected chi connectivity index (χ2v) is 3.64. The topological polar surface area (TPSA) is 52.3 Å². The van der Waals surface area contributed by atoms with Gasteiger partial charge in [0.05, 0.1) is 12.7 Å². The van der Waals surface area contributed by atoms with Crippen LogP contribution < -0.4 is 5.73 Å². The van der Waals surface area contributed by atoms with Gasteiger partial charge < -0.3 is 10.5 Å². The number of hydrogen-bond acceptors (Lipinski definition) is 3. The number of rotatable bonds is 3. The number of carbonyl (C=O) groups is 1. The Morgan fingerprint density at radius 3 is 2.56 bits per heavy atom. The highest BCUT2D eigenvalue weighted by Crippen LogP contribution is 2.30. The predicted molar refractivity (Wildman–Crippen MR) is 55.1 cm³/mol. The van der Waals surface area contributed by atoms with Crippen molar-refractivity contribution in [1.82, 2.24) is 0 Å². The molecule has 0 aliphatic rings. The lowest BCUT2D eigenvalue weighted by molar-refractivity contribution is -0.142. The van der Waals surface area contributed by atoms with E-state index in [4.69, 9.17) is 5.73 Å². The van der Waals surface area contributed by atoms with Crippen LogP contribution in [0.5, 0.6) is 0 Å². The summed E-state index contributed by atoms with van der Waals surface area (Å²) in [6.07, 6.45) is -4.93. The van der Waals surface area contributed by atoms with Gasteiger partial charge in [-0.3, -0.25) is 4.79 Å². The van der Waals surface area contributed by atoms with Crippen molar-refractivity contribution in [2.24, 2.45) is 5.73 Å². The zero-order valence-electron chi connectivity index (χ0n) is 9.42. The second kappa shape index (κ2) is 5.34. The Labute approximate surface area is 101 Å². The second-order valence-electron chi connectivity index (χ2n) is 3.64. The summed E-state index contributed by atoms with van der Waals surface area (Å²) in [6.45, 7) is 0. The molecule has 0 aromatic heterocycles. The number of hydrogen-bond donors (Lipinski definition) is 1.